The van der Waals surface area contributed by atoms with E-state index < -0.39 is 36.1 Å². The van der Waals surface area contributed by atoms with Gasteiger partial charge in [0.15, 0.2) is 0 Å². The van der Waals surface area contributed by atoms with Crippen molar-refractivity contribution >= 4 is 57.6 Å². The van der Waals surface area contributed by atoms with Crippen molar-refractivity contribution < 1.29 is 29.0 Å². The Bertz CT molecular complexity index is 1320. The van der Waals surface area contributed by atoms with Crippen molar-refractivity contribution in [3.8, 4) is 0 Å². The van der Waals surface area contributed by atoms with Gasteiger partial charge in [0.25, 0.3) is 5.91 Å². The number of nitrogens with one attached hydrogen (secondary N) is 1. The first-order chi connectivity index (χ1) is 17.0. The van der Waals surface area contributed by atoms with E-state index in [-0.39, 0.29) is 18.0 Å². The summed E-state index contributed by atoms with van der Waals surface area (Å²) < 4.78 is 15.0. The second-order valence-corrected chi connectivity index (χ2v) is 9.26. The fraction of sp³-hybridized carbons (Fsp3) is 0.280. The van der Waals surface area contributed by atoms with Gasteiger partial charge >= 0.3 is 11.9 Å². The Labute approximate surface area is 216 Å². The van der Waals surface area contributed by atoms with Gasteiger partial charge in [-0.05, 0) is 62.2 Å². The normalized spacial score (nSPS) is 11.9. The first-order valence-electron chi connectivity index (χ1n) is 11.0. The third-order valence-corrected chi connectivity index (χ3v) is 6.05. The molecule has 0 aliphatic carbocycles. The quantitative estimate of drug-likeness (QED) is 0.307. The van der Waals surface area contributed by atoms with Crippen LogP contribution in [0.25, 0.3) is 10.9 Å². The average molecular weight is 536 g/mol. The third kappa shape index (κ3) is 6.61. The lowest BCUT2D eigenvalue weighted by Crippen LogP contribution is -2.41. The zero-order valence-electron chi connectivity index (χ0n) is 19.5. The third-order valence-electron chi connectivity index (χ3n) is 5.55. The van der Waals surface area contributed by atoms with Crippen molar-refractivity contribution in [2.24, 2.45) is 0 Å². The zero-order chi connectivity index (χ0) is 26.6. The highest BCUT2D eigenvalue weighted by Gasteiger charge is 2.24. The fourth-order valence-corrected chi connectivity index (χ4v) is 4.21. The lowest BCUT2D eigenvalue weighted by Gasteiger charge is -2.29. The van der Waals surface area contributed by atoms with Crippen LogP contribution in [0.3, 0.4) is 0 Å². The number of rotatable bonds is 10. The zero-order valence-corrected chi connectivity index (χ0v) is 21.0. The number of carboxylic acid groups (broad SMARTS) is 2. The van der Waals surface area contributed by atoms with Crippen molar-refractivity contribution in [2.75, 3.05) is 4.90 Å². The van der Waals surface area contributed by atoms with Crippen molar-refractivity contribution in [2.45, 2.75) is 45.3 Å². The SMILES string of the molecule is CC(C)N(Cc1ccc2nc(Cl)cc(Cl)c2c1)c1ccc(C(=O)N[C@@H](CCC(=O)O)C(=O)O)c(F)c1. The fourth-order valence-electron chi connectivity index (χ4n) is 3.70. The number of nitrogens with zero attached hydrogens (tertiary/aromatic N) is 2. The number of fused-ring (bicyclic) bond motifs is 1. The Balaban J connectivity index is 1.82. The monoisotopic (exact) mass is 535 g/mol. The molecule has 1 amide bonds. The van der Waals surface area contributed by atoms with E-state index in [1.807, 2.05) is 30.9 Å². The summed E-state index contributed by atoms with van der Waals surface area (Å²) in [5.74, 6) is -4.38. The van der Waals surface area contributed by atoms with Gasteiger partial charge in [-0.2, -0.15) is 0 Å². The van der Waals surface area contributed by atoms with Crippen molar-refractivity contribution in [1.29, 1.82) is 0 Å². The Morgan fingerprint density at radius 1 is 1.08 bits per heavy atom. The number of pyridine rings is 1. The number of carboxylic acids is 2. The number of hydrogen-bond donors (Lipinski definition) is 3. The summed E-state index contributed by atoms with van der Waals surface area (Å²) in [6.07, 6.45) is -0.778. The molecule has 0 spiro atoms. The molecule has 1 aromatic heterocycles. The number of aliphatic carboxylic acids is 2. The largest absolute Gasteiger partial charge is 0.481 e. The van der Waals surface area contributed by atoms with E-state index in [0.717, 1.165) is 10.9 Å². The van der Waals surface area contributed by atoms with Crippen molar-refractivity contribution in [3.05, 3.63) is 69.6 Å². The summed E-state index contributed by atoms with van der Waals surface area (Å²) in [5, 5.41) is 21.7. The van der Waals surface area contributed by atoms with Crippen LogP contribution in [0.15, 0.2) is 42.5 Å². The molecule has 3 aromatic rings. The highest BCUT2D eigenvalue weighted by Crippen LogP contribution is 2.28. The molecule has 3 rings (SSSR count). The first-order valence-corrected chi connectivity index (χ1v) is 11.8. The van der Waals surface area contributed by atoms with Crippen LogP contribution in [0.2, 0.25) is 10.2 Å². The molecule has 0 unspecified atom stereocenters. The molecule has 0 fully saturated rings. The predicted octanol–water partition coefficient (Wildman–Crippen LogP) is 5.14. The number of carbonyl (C=O) groups excluding carboxylic acids is 1. The lowest BCUT2D eigenvalue weighted by molar-refractivity contribution is -0.140. The van der Waals surface area contributed by atoms with Gasteiger partial charge in [-0.25, -0.2) is 14.2 Å². The molecule has 0 aliphatic heterocycles. The summed E-state index contributed by atoms with van der Waals surface area (Å²) in [6, 6.07) is 9.68. The standard InChI is InChI=1S/C25H24Cl2FN3O5/c1-13(2)31(12-14-3-6-20-17(9-14)18(26)11-22(27)29-20)15-4-5-16(19(28)10-15)24(34)30-21(25(35)36)7-8-23(32)33/h3-6,9-11,13,21H,7-8,12H2,1-2H3,(H,30,34)(H,32,33)(H,35,36)/t21-/m0/s1. The first kappa shape index (κ1) is 27.2. The number of halogens is 3. The summed E-state index contributed by atoms with van der Waals surface area (Å²) in [4.78, 5) is 40.8. The second kappa shape index (κ2) is 11.5. The molecule has 0 bridgehead atoms. The number of benzene rings is 2. The number of anilines is 1. The Morgan fingerprint density at radius 3 is 2.42 bits per heavy atom. The average Bonchev–Trinajstić information content (AvgIpc) is 2.79. The van der Waals surface area contributed by atoms with E-state index in [1.165, 1.54) is 12.1 Å². The highest BCUT2D eigenvalue weighted by molar-refractivity contribution is 6.37. The molecular weight excluding hydrogens is 512 g/mol. The van der Waals surface area contributed by atoms with Crippen LogP contribution in [0.1, 0.15) is 42.6 Å². The van der Waals surface area contributed by atoms with Crippen molar-refractivity contribution in [3.63, 3.8) is 0 Å². The van der Waals surface area contributed by atoms with Crippen LogP contribution in [0, 0.1) is 5.82 Å². The Morgan fingerprint density at radius 2 is 1.81 bits per heavy atom. The molecule has 1 heterocycles. The molecule has 11 heteroatoms. The minimum atomic E-state index is -1.45. The predicted molar refractivity (Wildman–Crippen MR) is 135 cm³/mol. The van der Waals surface area contributed by atoms with Gasteiger partial charge in [0.2, 0.25) is 0 Å². The van der Waals surface area contributed by atoms with Gasteiger partial charge < -0.3 is 20.4 Å². The highest BCUT2D eigenvalue weighted by atomic mass is 35.5. The van der Waals surface area contributed by atoms with Gasteiger partial charge in [0.05, 0.1) is 16.1 Å². The smallest absolute Gasteiger partial charge is 0.326 e. The molecule has 2 aromatic carbocycles. The maximum absolute atomic E-state index is 15.0. The van der Waals surface area contributed by atoms with Crippen LogP contribution in [-0.2, 0) is 16.1 Å². The minimum Gasteiger partial charge on any atom is -0.481 e. The summed E-state index contributed by atoms with van der Waals surface area (Å²) in [6.45, 7) is 4.29. The molecule has 36 heavy (non-hydrogen) atoms. The van der Waals surface area contributed by atoms with E-state index in [0.29, 0.717) is 27.9 Å². The van der Waals surface area contributed by atoms with Crippen LogP contribution >= 0.6 is 23.2 Å². The summed E-state index contributed by atoms with van der Waals surface area (Å²) in [5.41, 5.74) is 1.72. The molecule has 1 atom stereocenters. The van der Waals surface area contributed by atoms with Crippen LogP contribution < -0.4 is 10.2 Å². The molecule has 0 saturated heterocycles. The molecule has 0 radical (unpaired) electrons. The number of amides is 1. The Hall–Kier alpha value is -3.43. The van der Waals surface area contributed by atoms with E-state index >= 15 is 0 Å². The summed E-state index contributed by atoms with van der Waals surface area (Å²) in [7, 11) is 0. The number of hydrogen-bond acceptors (Lipinski definition) is 5. The van der Waals surface area contributed by atoms with Gasteiger partial charge in [0, 0.05) is 30.1 Å². The van der Waals surface area contributed by atoms with Gasteiger partial charge in [-0.15, -0.1) is 0 Å². The summed E-state index contributed by atoms with van der Waals surface area (Å²) >= 11 is 12.3. The molecular formula is C25H24Cl2FN3O5. The van der Waals surface area contributed by atoms with Gasteiger partial charge in [-0.3, -0.25) is 9.59 Å². The molecule has 0 aliphatic rings. The minimum absolute atomic E-state index is 0.0361. The maximum atomic E-state index is 15.0. The Kier molecular flexibility index (Phi) is 8.70. The van der Waals surface area contributed by atoms with E-state index in [9.17, 15) is 23.9 Å². The molecule has 0 saturated carbocycles. The van der Waals surface area contributed by atoms with Crippen molar-refractivity contribution in [1.82, 2.24) is 10.3 Å². The van der Waals surface area contributed by atoms with Crippen LogP contribution in [-0.4, -0.2) is 45.1 Å². The molecule has 3 N–H and O–H groups in total. The lowest BCUT2D eigenvalue weighted by atomic mass is 10.1. The van der Waals surface area contributed by atoms with Crippen LogP contribution in [0.5, 0.6) is 0 Å². The topological polar surface area (TPSA) is 120 Å². The van der Waals surface area contributed by atoms with E-state index in [1.54, 1.807) is 18.2 Å². The number of carbonyl (C=O) groups is 3. The number of aromatic nitrogens is 1. The maximum Gasteiger partial charge on any atom is 0.326 e. The van der Waals surface area contributed by atoms with E-state index in [4.69, 9.17) is 28.3 Å². The molecule has 8 nitrogen and oxygen atoms in total. The molecule has 190 valence electrons. The van der Waals surface area contributed by atoms with Gasteiger partial charge in [-0.1, -0.05) is 29.3 Å². The van der Waals surface area contributed by atoms with Gasteiger partial charge in [0.1, 0.15) is 17.0 Å². The van der Waals surface area contributed by atoms with Crippen LogP contribution in [0.4, 0.5) is 10.1 Å². The van der Waals surface area contributed by atoms with E-state index in [2.05, 4.69) is 10.3 Å². The second-order valence-electron chi connectivity index (χ2n) is 8.46.